The minimum atomic E-state index is -0.498. The molecule has 3 heteroatoms. The Hall–Kier alpha value is -0.410. The van der Waals surface area contributed by atoms with Gasteiger partial charge < -0.3 is 10.5 Å². The largest absolute Gasteiger partial charge is 0.358 e. The van der Waals surface area contributed by atoms with Gasteiger partial charge in [-0.15, -0.1) is 0 Å². The first-order valence-corrected chi connectivity index (χ1v) is 4.99. The molecule has 0 heterocycles. The van der Waals surface area contributed by atoms with Gasteiger partial charge in [-0.3, -0.25) is 4.79 Å². The van der Waals surface area contributed by atoms with Crippen LogP contribution in [-0.2, 0) is 9.53 Å². The summed E-state index contributed by atoms with van der Waals surface area (Å²) in [6, 6.07) is 0. The van der Waals surface area contributed by atoms with Gasteiger partial charge in [0.2, 0.25) is 0 Å². The molecule has 84 valence electrons. The number of carbonyl (C=O) groups excluding carboxylic acids is 1. The van der Waals surface area contributed by atoms with Gasteiger partial charge in [-0.1, -0.05) is 20.8 Å². The highest BCUT2D eigenvalue weighted by Crippen LogP contribution is 2.19. The topological polar surface area (TPSA) is 52.3 Å². The highest BCUT2D eigenvalue weighted by molar-refractivity contribution is 5.83. The van der Waals surface area contributed by atoms with Crippen molar-refractivity contribution < 1.29 is 9.53 Å². The maximum atomic E-state index is 11.6. The van der Waals surface area contributed by atoms with Crippen LogP contribution in [0.15, 0.2) is 0 Å². The van der Waals surface area contributed by atoms with Crippen molar-refractivity contribution in [2.24, 2.45) is 11.1 Å². The SMILES string of the molecule is CC(C)(C)OC(N)CC(=O)C(C)(C)C. The number of rotatable bonds is 3. The minimum Gasteiger partial charge on any atom is -0.358 e. The zero-order chi connectivity index (χ0) is 11.6. The number of ketones is 1. The Morgan fingerprint density at radius 3 is 1.93 bits per heavy atom. The second-order valence-corrected chi connectivity index (χ2v) is 5.65. The maximum Gasteiger partial charge on any atom is 0.142 e. The van der Waals surface area contributed by atoms with Crippen LogP contribution in [0.4, 0.5) is 0 Å². The van der Waals surface area contributed by atoms with Gasteiger partial charge in [0.15, 0.2) is 0 Å². The van der Waals surface area contributed by atoms with Crippen LogP contribution in [-0.4, -0.2) is 17.6 Å². The average molecular weight is 201 g/mol. The number of carbonyl (C=O) groups is 1. The van der Waals surface area contributed by atoms with E-state index in [-0.39, 0.29) is 23.2 Å². The van der Waals surface area contributed by atoms with Crippen molar-refractivity contribution >= 4 is 5.78 Å². The van der Waals surface area contributed by atoms with Crippen molar-refractivity contribution in [2.75, 3.05) is 0 Å². The lowest BCUT2D eigenvalue weighted by Gasteiger charge is -2.26. The third kappa shape index (κ3) is 6.11. The van der Waals surface area contributed by atoms with Gasteiger partial charge in [0.1, 0.15) is 12.0 Å². The Morgan fingerprint density at radius 2 is 1.64 bits per heavy atom. The van der Waals surface area contributed by atoms with Crippen LogP contribution in [0, 0.1) is 5.41 Å². The van der Waals surface area contributed by atoms with E-state index in [2.05, 4.69) is 0 Å². The molecule has 0 aromatic rings. The summed E-state index contributed by atoms with van der Waals surface area (Å²) in [7, 11) is 0. The fourth-order valence-electron chi connectivity index (χ4n) is 0.985. The maximum absolute atomic E-state index is 11.6. The van der Waals surface area contributed by atoms with E-state index in [1.54, 1.807) is 0 Å². The van der Waals surface area contributed by atoms with Gasteiger partial charge in [-0.2, -0.15) is 0 Å². The molecule has 0 saturated carbocycles. The summed E-state index contributed by atoms with van der Waals surface area (Å²) in [6.45, 7) is 11.4. The number of hydrogen-bond acceptors (Lipinski definition) is 3. The van der Waals surface area contributed by atoms with E-state index < -0.39 is 6.23 Å². The van der Waals surface area contributed by atoms with Crippen LogP contribution in [0.25, 0.3) is 0 Å². The second-order valence-electron chi connectivity index (χ2n) is 5.65. The molecule has 0 aromatic carbocycles. The average Bonchev–Trinajstić information content (AvgIpc) is 1.79. The lowest BCUT2D eigenvalue weighted by molar-refractivity contribution is -0.132. The molecule has 0 saturated heterocycles. The first-order valence-electron chi connectivity index (χ1n) is 4.99. The predicted molar refractivity (Wildman–Crippen MR) is 57.9 cm³/mol. The van der Waals surface area contributed by atoms with Gasteiger partial charge in [-0.25, -0.2) is 0 Å². The van der Waals surface area contributed by atoms with Crippen LogP contribution in [0.1, 0.15) is 48.0 Å². The Balaban J connectivity index is 4.09. The first kappa shape index (κ1) is 13.6. The van der Waals surface area contributed by atoms with Crippen LogP contribution >= 0.6 is 0 Å². The summed E-state index contributed by atoms with van der Waals surface area (Å²) in [5.41, 5.74) is 5.09. The zero-order valence-electron chi connectivity index (χ0n) is 10.2. The molecule has 14 heavy (non-hydrogen) atoms. The lowest BCUT2D eigenvalue weighted by atomic mass is 9.88. The molecule has 0 amide bonds. The molecule has 1 unspecified atom stereocenters. The van der Waals surface area contributed by atoms with E-state index in [1.165, 1.54) is 0 Å². The zero-order valence-corrected chi connectivity index (χ0v) is 10.2. The Kier molecular flexibility index (Phi) is 4.28. The van der Waals surface area contributed by atoms with Gasteiger partial charge in [-0.05, 0) is 20.8 Å². The summed E-state index contributed by atoms with van der Waals surface area (Å²) >= 11 is 0. The molecule has 2 N–H and O–H groups in total. The first-order chi connectivity index (χ1) is 6.02. The number of nitrogens with two attached hydrogens (primary N) is 1. The van der Waals surface area contributed by atoms with Crippen LogP contribution in [0.2, 0.25) is 0 Å². The number of Topliss-reactive ketones (excluding diaryl/α,β-unsaturated/α-hetero) is 1. The Labute approximate surface area is 87.0 Å². The number of ether oxygens (including phenoxy) is 1. The molecule has 0 fully saturated rings. The Morgan fingerprint density at radius 1 is 1.21 bits per heavy atom. The third-order valence-electron chi connectivity index (χ3n) is 1.73. The standard InChI is InChI=1S/C11H23NO2/c1-10(2,3)8(13)7-9(12)14-11(4,5)6/h9H,7,12H2,1-6H3. The van der Waals surface area contributed by atoms with Crippen molar-refractivity contribution in [1.82, 2.24) is 0 Å². The normalized spacial score (nSPS) is 15.4. The van der Waals surface area contributed by atoms with Gasteiger partial charge in [0, 0.05) is 11.8 Å². The second kappa shape index (κ2) is 4.41. The molecule has 0 aromatic heterocycles. The van der Waals surface area contributed by atoms with E-state index in [0.717, 1.165) is 0 Å². The van der Waals surface area contributed by atoms with Crippen LogP contribution < -0.4 is 5.73 Å². The van der Waals surface area contributed by atoms with Gasteiger partial charge in [0.05, 0.1) is 5.60 Å². The molecule has 3 nitrogen and oxygen atoms in total. The van der Waals surface area contributed by atoms with Crippen molar-refractivity contribution in [1.29, 1.82) is 0 Å². The van der Waals surface area contributed by atoms with Crippen LogP contribution in [0.5, 0.6) is 0 Å². The fourth-order valence-corrected chi connectivity index (χ4v) is 0.985. The van der Waals surface area contributed by atoms with Crippen molar-refractivity contribution in [3.63, 3.8) is 0 Å². The van der Waals surface area contributed by atoms with E-state index in [4.69, 9.17) is 10.5 Å². The fraction of sp³-hybridized carbons (Fsp3) is 0.909. The van der Waals surface area contributed by atoms with E-state index >= 15 is 0 Å². The van der Waals surface area contributed by atoms with Gasteiger partial charge in [0.25, 0.3) is 0 Å². The molecule has 0 aliphatic carbocycles. The molecule has 1 atom stereocenters. The summed E-state index contributed by atoms with van der Waals surface area (Å²) < 4.78 is 5.46. The van der Waals surface area contributed by atoms with Gasteiger partial charge >= 0.3 is 0 Å². The molecule has 0 radical (unpaired) electrons. The Bertz CT molecular complexity index is 198. The number of hydrogen-bond donors (Lipinski definition) is 1. The van der Waals surface area contributed by atoms with E-state index in [9.17, 15) is 4.79 Å². The summed E-state index contributed by atoms with van der Waals surface area (Å²) in [5.74, 6) is 0.134. The predicted octanol–water partition coefficient (Wildman–Crippen LogP) is 2.09. The molecular weight excluding hydrogens is 178 g/mol. The molecular formula is C11H23NO2. The third-order valence-corrected chi connectivity index (χ3v) is 1.73. The minimum absolute atomic E-state index is 0.134. The summed E-state index contributed by atoms with van der Waals surface area (Å²) in [4.78, 5) is 11.6. The van der Waals surface area contributed by atoms with Crippen molar-refractivity contribution in [3.05, 3.63) is 0 Å². The molecule has 0 spiro atoms. The van der Waals surface area contributed by atoms with Crippen LogP contribution in [0.3, 0.4) is 0 Å². The van der Waals surface area contributed by atoms with Crippen molar-refractivity contribution in [2.45, 2.75) is 59.8 Å². The lowest BCUT2D eigenvalue weighted by Crippen LogP contribution is -2.37. The van der Waals surface area contributed by atoms with E-state index in [1.807, 2.05) is 41.5 Å². The summed E-state index contributed by atoms with van der Waals surface area (Å²) in [5, 5.41) is 0. The van der Waals surface area contributed by atoms with E-state index in [0.29, 0.717) is 0 Å². The monoisotopic (exact) mass is 201 g/mol. The highest BCUT2D eigenvalue weighted by Gasteiger charge is 2.25. The molecule has 0 rings (SSSR count). The molecule has 0 aliphatic rings. The smallest absolute Gasteiger partial charge is 0.142 e. The van der Waals surface area contributed by atoms with Crippen molar-refractivity contribution in [3.8, 4) is 0 Å². The summed E-state index contributed by atoms with van der Waals surface area (Å²) in [6.07, 6.45) is -0.220. The highest BCUT2D eigenvalue weighted by atomic mass is 16.5. The quantitative estimate of drug-likeness (QED) is 0.711. The molecule has 0 aliphatic heterocycles. The molecule has 0 bridgehead atoms.